The van der Waals surface area contributed by atoms with E-state index in [9.17, 15) is 4.79 Å². The van der Waals surface area contributed by atoms with Crippen LogP contribution in [-0.2, 0) is 12.8 Å². The number of ketones is 1. The highest BCUT2D eigenvalue weighted by molar-refractivity contribution is 9.10. The molecule has 92 valence electrons. The second kappa shape index (κ2) is 4.98. The smallest absolute Gasteiger partial charge is 0.166 e. The maximum Gasteiger partial charge on any atom is 0.166 e. The van der Waals surface area contributed by atoms with E-state index < -0.39 is 0 Å². The molecular formula is C15H13BrOS. The van der Waals surface area contributed by atoms with Gasteiger partial charge in [-0.1, -0.05) is 24.3 Å². The zero-order chi connectivity index (χ0) is 12.5. The molecule has 0 amide bonds. The normalized spacial score (nSPS) is 18.7. The zero-order valence-corrected chi connectivity index (χ0v) is 12.3. The number of thiophene rings is 1. The lowest BCUT2D eigenvalue weighted by Crippen LogP contribution is -2.24. The minimum absolute atomic E-state index is 0.148. The quantitative estimate of drug-likeness (QED) is 0.796. The van der Waals surface area contributed by atoms with Crippen molar-refractivity contribution in [1.29, 1.82) is 0 Å². The Kier molecular flexibility index (Phi) is 3.35. The number of hydrogen-bond donors (Lipinski definition) is 0. The summed E-state index contributed by atoms with van der Waals surface area (Å²) in [5.41, 5.74) is 2.14. The molecule has 1 unspecified atom stereocenters. The van der Waals surface area contributed by atoms with Crippen molar-refractivity contribution in [2.24, 2.45) is 5.92 Å². The van der Waals surface area contributed by atoms with Crippen LogP contribution in [0.1, 0.15) is 27.2 Å². The largest absolute Gasteiger partial charge is 0.294 e. The first kappa shape index (κ1) is 12.1. The Balaban J connectivity index is 1.85. The Morgan fingerprint density at radius 1 is 1.28 bits per heavy atom. The van der Waals surface area contributed by atoms with Crippen LogP contribution in [0.2, 0.25) is 0 Å². The number of carbonyl (C=O) groups is 1. The molecule has 1 atom stereocenters. The van der Waals surface area contributed by atoms with Crippen molar-refractivity contribution in [3.8, 4) is 0 Å². The van der Waals surface area contributed by atoms with Crippen LogP contribution in [0.25, 0.3) is 0 Å². The summed E-state index contributed by atoms with van der Waals surface area (Å²) in [7, 11) is 0. The number of halogens is 1. The van der Waals surface area contributed by atoms with Crippen molar-refractivity contribution in [1.82, 2.24) is 0 Å². The maximum atomic E-state index is 12.4. The fourth-order valence-electron chi connectivity index (χ4n) is 2.55. The lowest BCUT2D eigenvalue weighted by molar-refractivity contribution is 0.0902. The number of carbonyl (C=O) groups excluding carboxylic acids is 1. The van der Waals surface area contributed by atoms with Gasteiger partial charge in [-0.25, -0.2) is 0 Å². The minimum atomic E-state index is 0.148. The Bertz CT molecular complexity index is 588. The standard InChI is InChI=1S/C15H13BrOS/c16-13-7-8-18-14(13)9-11-6-5-10-3-1-2-4-12(10)15(11)17/h1-4,7-8,11H,5-6,9H2. The van der Waals surface area contributed by atoms with Crippen LogP contribution in [-0.4, -0.2) is 5.78 Å². The lowest BCUT2D eigenvalue weighted by atomic mass is 9.81. The molecule has 0 N–H and O–H groups in total. The third kappa shape index (κ3) is 2.17. The van der Waals surface area contributed by atoms with E-state index in [-0.39, 0.29) is 5.92 Å². The van der Waals surface area contributed by atoms with Crippen LogP contribution in [0, 0.1) is 5.92 Å². The molecule has 1 aliphatic rings. The Morgan fingerprint density at radius 2 is 2.11 bits per heavy atom. The molecule has 1 aromatic carbocycles. The number of benzene rings is 1. The molecule has 1 heterocycles. The third-order valence-electron chi connectivity index (χ3n) is 3.54. The SMILES string of the molecule is O=C1c2ccccc2CCC1Cc1sccc1Br. The molecule has 0 bridgehead atoms. The van der Waals surface area contributed by atoms with Gasteiger partial charge in [-0.3, -0.25) is 4.79 Å². The van der Waals surface area contributed by atoms with Crippen molar-refractivity contribution in [2.75, 3.05) is 0 Å². The number of aryl methyl sites for hydroxylation is 1. The summed E-state index contributed by atoms with van der Waals surface area (Å²) in [4.78, 5) is 13.7. The van der Waals surface area contributed by atoms with E-state index in [4.69, 9.17) is 0 Å². The van der Waals surface area contributed by atoms with E-state index in [2.05, 4.69) is 33.4 Å². The topological polar surface area (TPSA) is 17.1 Å². The first-order chi connectivity index (χ1) is 8.75. The van der Waals surface area contributed by atoms with Gasteiger partial charge in [0.1, 0.15) is 0 Å². The second-order valence-electron chi connectivity index (χ2n) is 4.65. The Hall–Kier alpha value is -0.930. The van der Waals surface area contributed by atoms with Crippen LogP contribution >= 0.6 is 27.3 Å². The molecule has 3 rings (SSSR count). The molecule has 1 aliphatic carbocycles. The summed E-state index contributed by atoms with van der Waals surface area (Å²) in [6, 6.07) is 10.1. The average molecular weight is 321 g/mol. The first-order valence-electron chi connectivity index (χ1n) is 6.09. The van der Waals surface area contributed by atoms with Gasteiger partial charge in [-0.2, -0.15) is 0 Å². The molecule has 0 aliphatic heterocycles. The summed E-state index contributed by atoms with van der Waals surface area (Å²) in [5, 5.41) is 2.07. The average Bonchev–Trinajstić information content (AvgIpc) is 2.79. The molecule has 0 saturated carbocycles. The van der Waals surface area contributed by atoms with Crippen molar-refractivity contribution in [2.45, 2.75) is 19.3 Å². The molecule has 2 aromatic rings. The van der Waals surface area contributed by atoms with E-state index in [1.807, 2.05) is 18.2 Å². The summed E-state index contributed by atoms with van der Waals surface area (Å²) in [6.45, 7) is 0. The van der Waals surface area contributed by atoms with Crippen molar-refractivity contribution >= 4 is 33.0 Å². The van der Waals surface area contributed by atoms with Gasteiger partial charge < -0.3 is 0 Å². The van der Waals surface area contributed by atoms with Gasteiger partial charge in [0.25, 0.3) is 0 Å². The van der Waals surface area contributed by atoms with E-state index in [1.54, 1.807) is 11.3 Å². The predicted octanol–water partition coefficient (Wildman–Crippen LogP) is 4.50. The number of Topliss-reactive ketones (excluding diaryl/α,β-unsaturated/α-hetero) is 1. The fourth-order valence-corrected chi connectivity index (χ4v) is 4.14. The monoisotopic (exact) mass is 320 g/mol. The van der Waals surface area contributed by atoms with Crippen molar-refractivity contribution < 1.29 is 4.79 Å². The molecule has 1 nitrogen and oxygen atoms in total. The van der Waals surface area contributed by atoms with Crippen molar-refractivity contribution in [3.63, 3.8) is 0 Å². The van der Waals surface area contributed by atoms with Crippen LogP contribution in [0.3, 0.4) is 0 Å². The van der Waals surface area contributed by atoms with Gasteiger partial charge in [0.15, 0.2) is 5.78 Å². The number of rotatable bonds is 2. The molecule has 18 heavy (non-hydrogen) atoms. The molecular weight excluding hydrogens is 308 g/mol. The molecule has 0 saturated heterocycles. The van der Waals surface area contributed by atoms with Gasteiger partial charge in [0.2, 0.25) is 0 Å². The van der Waals surface area contributed by atoms with Gasteiger partial charge in [0, 0.05) is 20.8 Å². The van der Waals surface area contributed by atoms with Gasteiger partial charge in [-0.15, -0.1) is 11.3 Å². The Labute approximate surface area is 119 Å². The van der Waals surface area contributed by atoms with Gasteiger partial charge >= 0.3 is 0 Å². The van der Waals surface area contributed by atoms with Crippen LogP contribution in [0.5, 0.6) is 0 Å². The highest BCUT2D eigenvalue weighted by Crippen LogP contribution is 2.32. The molecule has 0 fully saturated rings. The second-order valence-corrected chi connectivity index (χ2v) is 6.51. The summed E-state index contributed by atoms with van der Waals surface area (Å²) < 4.78 is 1.14. The van der Waals surface area contributed by atoms with Crippen molar-refractivity contribution in [3.05, 3.63) is 56.2 Å². The van der Waals surface area contributed by atoms with Gasteiger partial charge in [-0.05, 0) is 52.2 Å². The molecule has 0 spiro atoms. The number of fused-ring (bicyclic) bond motifs is 1. The van der Waals surface area contributed by atoms with Crippen LogP contribution < -0.4 is 0 Å². The van der Waals surface area contributed by atoms with E-state index in [0.717, 1.165) is 29.3 Å². The lowest BCUT2D eigenvalue weighted by Gasteiger charge is -2.22. The zero-order valence-electron chi connectivity index (χ0n) is 9.86. The van der Waals surface area contributed by atoms with E-state index in [0.29, 0.717) is 5.78 Å². The van der Waals surface area contributed by atoms with Crippen LogP contribution in [0.15, 0.2) is 40.2 Å². The third-order valence-corrected chi connectivity index (χ3v) is 5.49. The maximum absolute atomic E-state index is 12.4. The highest BCUT2D eigenvalue weighted by atomic mass is 79.9. The van der Waals surface area contributed by atoms with E-state index >= 15 is 0 Å². The van der Waals surface area contributed by atoms with Crippen LogP contribution in [0.4, 0.5) is 0 Å². The predicted molar refractivity (Wildman–Crippen MR) is 78.3 cm³/mol. The Morgan fingerprint density at radius 3 is 2.89 bits per heavy atom. The summed E-state index contributed by atoms with van der Waals surface area (Å²) in [6.07, 6.45) is 2.86. The number of hydrogen-bond acceptors (Lipinski definition) is 2. The first-order valence-corrected chi connectivity index (χ1v) is 7.77. The van der Waals surface area contributed by atoms with E-state index in [1.165, 1.54) is 10.4 Å². The van der Waals surface area contributed by atoms with Gasteiger partial charge in [0.05, 0.1) is 0 Å². The fraction of sp³-hybridized carbons (Fsp3) is 0.267. The molecule has 0 radical (unpaired) electrons. The summed E-state index contributed by atoms with van der Waals surface area (Å²) >= 11 is 5.27. The molecule has 1 aromatic heterocycles. The molecule has 3 heteroatoms. The highest BCUT2D eigenvalue weighted by Gasteiger charge is 2.27. The summed E-state index contributed by atoms with van der Waals surface area (Å²) in [5.74, 6) is 0.465. The minimum Gasteiger partial charge on any atom is -0.294 e.